The lowest BCUT2D eigenvalue weighted by Gasteiger charge is -2.12. The van der Waals surface area contributed by atoms with Gasteiger partial charge in [-0.15, -0.1) is 0 Å². The highest BCUT2D eigenvalue weighted by atomic mass is 19.1. The summed E-state index contributed by atoms with van der Waals surface area (Å²) in [6.45, 7) is -0.334. The maximum atomic E-state index is 13.6. The number of methoxy groups -OCH3 is 1. The Morgan fingerprint density at radius 1 is 1.07 bits per heavy atom. The first-order valence-electron chi connectivity index (χ1n) is 8.94. The number of imidazole rings is 1. The average Bonchev–Trinajstić information content (AvgIpc) is 3.17. The standard InChI is InChI=1S/C22H18FN3O3/c1-28-20-11-10-14(22-25-16-7-3-4-8-17(16)26-22)12-18(20)24-21(27)13-29-19-9-5-2-6-15(19)23/h2-12H,13H2,1H3,(H,24,27)(H,25,26). The molecule has 0 saturated heterocycles. The zero-order chi connectivity index (χ0) is 20.2. The van der Waals surface area contributed by atoms with Crippen LogP contribution in [-0.4, -0.2) is 29.6 Å². The third-order valence-corrected chi connectivity index (χ3v) is 4.33. The number of aromatic nitrogens is 2. The molecule has 7 heteroatoms. The van der Waals surface area contributed by atoms with Gasteiger partial charge in [0.25, 0.3) is 5.91 Å². The molecule has 1 aromatic heterocycles. The van der Waals surface area contributed by atoms with E-state index in [1.165, 1.54) is 19.2 Å². The summed E-state index contributed by atoms with van der Waals surface area (Å²) in [5.41, 5.74) is 3.02. The zero-order valence-corrected chi connectivity index (χ0v) is 15.6. The fourth-order valence-corrected chi connectivity index (χ4v) is 2.93. The number of carbonyl (C=O) groups is 1. The molecule has 0 aliphatic heterocycles. The molecule has 0 aliphatic carbocycles. The number of amides is 1. The molecule has 29 heavy (non-hydrogen) atoms. The number of H-pyrrole nitrogens is 1. The van der Waals surface area contributed by atoms with Crippen molar-refractivity contribution in [2.24, 2.45) is 0 Å². The van der Waals surface area contributed by atoms with E-state index in [4.69, 9.17) is 9.47 Å². The number of hydrogen-bond donors (Lipinski definition) is 2. The van der Waals surface area contributed by atoms with Gasteiger partial charge in [-0.05, 0) is 42.5 Å². The number of aromatic amines is 1. The van der Waals surface area contributed by atoms with E-state index in [-0.39, 0.29) is 12.4 Å². The van der Waals surface area contributed by atoms with E-state index in [0.29, 0.717) is 17.3 Å². The lowest BCUT2D eigenvalue weighted by atomic mass is 10.1. The Morgan fingerprint density at radius 3 is 2.66 bits per heavy atom. The Kier molecular flexibility index (Phi) is 5.11. The minimum atomic E-state index is -0.523. The summed E-state index contributed by atoms with van der Waals surface area (Å²) in [7, 11) is 1.52. The highest BCUT2D eigenvalue weighted by Gasteiger charge is 2.13. The van der Waals surface area contributed by atoms with E-state index < -0.39 is 11.7 Å². The highest BCUT2D eigenvalue weighted by Crippen LogP contribution is 2.30. The summed E-state index contributed by atoms with van der Waals surface area (Å²) >= 11 is 0. The Bertz CT molecular complexity index is 1140. The molecule has 146 valence electrons. The molecule has 0 aliphatic rings. The molecule has 4 aromatic rings. The van der Waals surface area contributed by atoms with Crippen LogP contribution < -0.4 is 14.8 Å². The second kappa shape index (κ2) is 8.02. The van der Waals surface area contributed by atoms with Crippen molar-refractivity contribution in [1.29, 1.82) is 0 Å². The molecular formula is C22H18FN3O3. The van der Waals surface area contributed by atoms with Crippen LogP contribution in [0.15, 0.2) is 66.7 Å². The van der Waals surface area contributed by atoms with Crippen molar-refractivity contribution in [2.75, 3.05) is 19.0 Å². The van der Waals surface area contributed by atoms with Gasteiger partial charge in [0.15, 0.2) is 18.2 Å². The van der Waals surface area contributed by atoms with Gasteiger partial charge in [0, 0.05) is 5.56 Å². The van der Waals surface area contributed by atoms with E-state index in [1.54, 1.807) is 24.3 Å². The Morgan fingerprint density at radius 2 is 1.86 bits per heavy atom. The molecule has 0 radical (unpaired) electrons. The molecular weight excluding hydrogens is 373 g/mol. The zero-order valence-electron chi connectivity index (χ0n) is 15.6. The molecule has 0 atom stereocenters. The van der Waals surface area contributed by atoms with Crippen molar-refractivity contribution in [3.63, 3.8) is 0 Å². The van der Waals surface area contributed by atoms with Gasteiger partial charge in [-0.25, -0.2) is 9.37 Å². The van der Waals surface area contributed by atoms with Gasteiger partial charge in [0.2, 0.25) is 0 Å². The smallest absolute Gasteiger partial charge is 0.262 e. The van der Waals surface area contributed by atoms with Crippen LogP contribution in [-0.2, 0) is 4.79 Å². The number of anilines is 1. The summed E-state index contributed by atoms with van der Waals surface area (Å²) in [6, 6.07) is 19.0. The van der Waals surface area contributed by atoms with Crippen molar-refractivity contribution >= 4 is 22.6 Å². The van der Waals surface area contributed by atoms with Crippen LogP contribution in [0.1, 0.15) is 0 Å². The van der Waals surface area contributed by atoms with Gasteiger partial charge in [-0.3, -0.25) is 4.79 Å². The average molecular weight is 391 g/mol. The number of fused-ring (bicyclic) bond motifs is 1. The molecule has 4 rings (SSSR count). The number of nitrogens with zero attached hydrogens (tertiary/aromatic N) is 1. The van der Waals surface area contributed by atoms with E-state index in [9.17, 15) is 9.18 Å². The number of para-hydroxylation sites is 3. The molecule has 0 spiro atoms. The van der Waals surface area contributed by atoms with Crippen molar-refractivity contribution in [3.8, 4) is 22.9 Å². The summed E-state index contributed by atoms with van der Waals surface area (Å²) in [5.74, 6) is 0.222. The molecule has 0 bridgehead atoms. The molecule has 6 nitrogen and oxygen atoms in total. The summed E-state index contributed by atoms with van der Waals surface area (Å²) in [4.78, 5) is 20.1. The Balaban J connectivity index is 1.53. The molecule has 3 aromatic carbocycles. The molecule has 1 amide bonds. The van der Waals surface area contributed by atoms with Gasteiger partial charge < -0.3 is 19.8 Å². The van der Waals surface area contributed by atoms with Crippen LogP contribution in [0.25, 0.3) is 22.4 Å². The monoisotopic (exact) mass is 391 g/mol. The van der Waals surface area contributed by atoms with Crippen LogP contribution in [0, 0.1) is 5.82 Å². The summed E-state index contributed by atoms with van der Waals surface area (Å²) in [5, 5.41) is 2.74. The van der Waals surface area contributed by atoms with Gasteiger partial charge in [-0.1, -0.05) is 24.3 Å². The van der Waals surface area contributed by atoms with E-state index in [1.807, 2.05) is 30.3 Å². The topological polar surface area (TPSA) is 76.2 Å². The van der Waals surface area contributed by atoms with E-state index >= 15 is 0 Å². The molecule has 0 unspecified atom stereocenters. The molecule has 2 N–H and O–H groups in total. The predicted molar refractivity (Wildman–Crippen MR) is 109 cm³/mol. The number of rotatable bonds is 6. The number of halogens is 1. The number of carbonyl (C=O) groups excluding carboxylic acids is 1. The number of benzene rings is 3. The van der Waals surface area contributed by atoms with Gasteiger partial charge in [0.05, 0.1) is 23.8 Å². The van der Waals surface area contributed by atoms with Crippen LogP contribution in [0.2, 0.25) is 0 Å². The van der Waals surface area contributed by atoms with Gasteiger partial charge in [-0.2, -0.15) is 0 Å². The minimum Gasteiger partial charge on any atom is -0.495 e. The maximum Gasteiger partial charge on any atom is 0.262 e. The number of ether oxygens (including phenoxy) is 2. The fourth-order valence-electron chi connectivity index (χ4n) is 2.93. The van der Waals surface area contributed by atoms with Crippen molar-refractivity contribution in [3.05, 3.63) is 72.5 Å². The molecule has 0 fully saturated rings. The second-order valence-electron chi connectivity index (χ2n) is 6.28. The number of nitrogens with one attached hydrogen (secondary N) is 2. The predicted octanol–water partition coefficient (Wildman–Crippen LogP) is 4.40. The first-order chi connectivity index (χ1) is 14.1. The quantitative estimate of drug-likeness (QED) is 0.511. The minimum absolute atomic E-state index is 0.0191. The Hall–Kier alpha value is -3.87. The third kappa shape index (κ3) is 4.03. The second-order valence-corrected chi connectivity index (χ2v) is 6.28. The lowest BCUT2D eigenvalue weighted by Crippen LogP contribution is -2.20. The normalized spacial score (nSPS) is 10.7. The fraction of sp³-hybridized carbons (Fsp3) is 0.0909. The van der Waals surface area contributed by atoms with Crippen LogP contribution in [0.3, 0.4) is 0 Å². The summed E-state index contributed by atoms with van der Waals surface area (Å²) < 4.78 is 24.2. The Labute approximate surface area is 166 Å². The molecule has 1 heterocycles. The van der Waals surface area contributed by atoms with Gasteiger partial charge in [0.1, 0.15) is 11.6 Å². The van der Waals surface area contributed by atoms with E-state index in [2.05, 4.69) is 15.3 Å². The van der Waals surface area contributed by atoms with Crippen LogP contribution in [0.4, 0.5) is 10.1 Å². The lowest BCUT2D eigenvalue weighted by molar-refractivity contribution is -0.118. The number of hydrogen-bond acceptors (Lipinski definition) is 4. The van der Waals surface area contributed by atoms with Crippen LogP contribution in [0.5, 0.6) is 11.5 Å². The summed E-state index contributed by atoms with van der Waals surface area (Å²) in [6.07, 6.45) is 0. The van der Waals surface area contributed by atoms with Crippen molar-refractivity contribution < 1.29 is 18.7 Å². The van der Waals surface area contributed by atoms with Crippen LogP contribution >= 0.6 is 0 Å². The first-order valence-corrected chi connectivity index (χ1v) is 8.94. The van der Waals surface area contributed by atoms with E-state index in [0.717, 1.165) is 16.6 Å². The maximum absolute atomic E-state index is 13.6. The molecule has 0 saturated carbocycles. The largest absolute Gasteiger partial charge is 0.495 e. The first kappa shape index (κ1) is 18.5. The van der Waals surface area contributed by atoms with Gasteiger partial charge >= 0.3 is 0 Å². The van der Waals surface area contributed by atoms with Crippen molar-refractivity contribution in [1.82, 2.24) is 9.97 Å². The SMILES string of the molecule is COc1ccc(-c2nc3ccccc3[nH]2)cc1NC(=O)COc1ccccc1F. The third-order valence-electron chi connectivity index (χ3n) is 4.33. The van der Waals surface area contributed by atoms with Crippen molar-refractivity contribution in [2.45, 2.75) is 0 Å². The highest BCUT2D eigenvalue weighted by molar-refractivity contribution is 5.94.